The molecule has 0 bridgehead atoms. The molecule has 33 heavy (non-hydrogen) atoms. The van der Waals surface area contributed by atoms with Crippen LogP contribution in [0.3, 0.4) is 0 Å². The van der Waals surface area contributed by atoms with Crippen molar-refractivity contribution in [3.63, 3.8) is 0 Å². The highest BCUT2D eigenvalue weighted by molar-refractivity contribution is 5.97. The molecule has 1 fully saturated rings. The summed E-state index contributed by atoms with van der Waals surface area (Å²) in [7, 11) is 0. The van der Waals surface area contributed by atoms with Crippen LogP contribution in [0, 0.1) is 0 Å². The van der Waals surface area contributed by atoms with Gasteiger partial charge in [0.25, 0.3) is 11.5 Å². The molecule has 2 aromatic carbocycles. The summed E-state index contributed by atoms with van der Waals surface area (Å²) in [5.41, 5.74) is 2.42. The molecule has 172 valence electrons. The summed E-state index contributed by atoms with van der Waals surface area (Å²) in [6, 6.07) is 15.9. The van der Waals surface area contributed by atoms with Gasteiger partial charge < -0.3 is 5.32 Å². The van der Waals surface area contributed by atoms with Gasteiger partial charge in [-0.05, 0) is 62.5 Å². The van der Waals surface area contributed by atoms with Crippen molar-refractivity contribution in [1.29, 1.82) is 0 Å². The Kier molecular flexibility index (Phi) is 6.53. The van der Waals surface area contributed by atoms with Gasteiger partial charge in [0.1, 0.15) is 5.82 Å². The number of hydrogen-bond acceptors (Lipinski definition) is 4. The van der Waals surface area contributed by atoms with E-state index in [-0.39, 0.29) is 17.5 Å². The lowest BCUT2D eigenvalue weighted by Gasteiger charge is -2.28. The predicted molar refractivity (Wildman–Crippen MR) is 130 cm³/mol. The summed E-state index contributed by atoms with van der Waals surface area (Å²) in [6.45, 7) is 3.41. The number of amides is 1. The molecule has 1 N–H and O–H groups in total. The van der Waals surface area contributed by atoms with Crippen molar-refractivity contribution in [1.82, 2.24) is 19.8 Å². The first-order valence-corrected chi connectivity index (χ1v) is 12.3. The minimum atomic E-state index is -0.120. The molecule has 5 rings (SSSR count). The molecule has 2 aliphatic heterocycles. The summed E-state index contributed by atoms with van der Waals surface area (Å²) in [6.07, 6.45) is 7.62. The molecule has 0 radical (unpaired) electrons. The minimum absolute atomic E-state index is 0.0158. The summed E-state index contributed by atoms with van der Waals surface area (Å²) in [4.78, 5) is 33.4. The summed E-state index contributed by atoms with van der Waals surface area (Å²) in [5, 5.41) is 3.74. The minimum Gasteiger partial charge on any atom is -0.350 e. The third-order valence-corrected chi connectivity index (χ3v) is 7.05. The van der Waals surface area contributed by atoms with Gasteiger partial charge >= 0.3 is 0 Å². The number of rotatable bonds is 5. The predicted octanol–water partition coefficient (Wildman–Crippen LogP) is 4.08. The Morgan fingerprint density at radius 1 is 0.939 bits per heavy atom. The van der Waals surface area contributed by atoms with E-state index in [0.29, 0.717) is 23.0 Å². The average Bonchev–Trinajstić information content (AvgIpc) is 3.35. The number of fused-ring (bicyclic) bond motifs is 2. The van der Waals surface area contributed by atoms with Crippen molar-refractivity contribution < 1.29 is 4.79 Å². The van der Waals surface area contributed by atoms with Crippen molar-refractivity contribution in [2.45, 2.75) is 57.5 Å². The molecule has 1 aromatic heterocycles. The Labute approximate surface area is 194 Å². The topological polar surface area (TPSA) is 67.2 Å². The first kappa shape index (κ1) is 21.8. The van der Waals surface area contributed by atoms with Crippen LogP contribution in [0.5, 0.6) is 0 Å². The molecule has 0 aliphatic carbocycles. The Hall–Kier alpha value is -2.99. The second-order valence-electron chi connectivity index (χ2n) is 9.26. The third-order valence-electron chi connectivity index (χ3n) is 7.05. The highest BCUT2D eigenvalue weighted by Crippen LogP contribution is 2.24. The number of aromatic nitrogens is 2. The fraction of sp³-hybridized carbons (Fsp3) is 0.444. The second kappa shape index (κ2) is 9.87. The SMILES string of the molecule is O=C(NCC(c1ccccc1)N1CCCC1)c1ccc2c(=O)n3c(nc2c1)CCCCCC3. The van der Waals surface area contributed by atoms with Crippen molar-refractivity contribution in [2.24, 2.45) is 0 Å². The van der Waals surface area contributed by atoms with Crippen molar-refractivity contribution in [3.8, 4) is 0 Å². The van der Waals surface area contributed by atoms with Crippen LogP contribution in [0.15, 0.2) is 53.3 Å². The zero-order chi connectivity index (χ0) is 22.6. The lowest BCUT2D eigenvalue weighted by atomic mass is 10.0. The third kappa shape index (κ3) is 4.71. The van der Waals surface area contributed by atoms with E-state index in [9.17, 15) is 9.59 Å². The largest absolute Gasteiger partial charge is 0.350 e. The molecular weight excluding hydrogens is 412 g/mol. The molecule has 0 saturated carbocycles. The first-order chi connectivity index (χ1) is 16.2. The van der Waals surface area contributed by atoms with Crippen molar-refractivity contribution in [2.75, 3.05) is 19.6 Å². The molecular formula is C27H32N4O2. The number of benzene rings is 2. The van der Waals surface area contributed by atoms with E-state index in [1.807, 2.05) is 10.6 Å². The maximum Gasteiger partial charge on any atom is 0.261 e. The van der Waals surface area contributed by atoms with Gasteiger partial charge in [0.15, 0.2) is 0 Å². The summed E-state index contributed by atoms with van der Waals surface area (Å²) in [5.74, 6) is 0.730. The van der Waals surface area contributed by atoms with Gasteiger partial charge in [-0.15, -0.1) is 0 Å². The quantitative estimate of drug-likeness (QED) is 0.644. The van der Waals surface area contributed by atoms with Crippen LogP contribution >= 0.6 is 0 Å². The number of nitrogens with one attached hydrogen (secondary N) is 1. The van der Waals surface area contributed by atoms with E-state index < -0.39 is 0 Å². The maximum atomic E-state index is 13.1. The number of hydrogen-bond donors (Lipinski definition) is 1. The Morgan fingerprint density at radius 2 is 1.70 bits per heavy atom. The van der Waals surface area contributed by atoms with Crippen molar-refractivity contribution in [3.05, 3.63) is 75.8 Å². The van der Waals surface area contributed by atoms with Gasteiger partial charge in [-0.3, -0.25) is 19.1 Å². The highest BCUT2D eigenvalue weighted by atomic mass is 16.1. The number of carbonyl (C=O) groups excluding carboxylic acids is 1. The molecule has 1 saturated heterocycles. The second-order valence-corrected chi connectivity index (χ2v) is 9.26. The van der Waals surface area contributed by atoms with E-state index in [0.717, 1.165) is 51.1 Å². The maximum absolute atomic E-state index is 13.1. The fourth-order valence-electron chi connectivity index (χ4n) is 5.21. The van der Waals surface area contributed by atoms with Crippen LogP contribution in [-0.2, 0) is 13.0 Å². The Morgan fingerprint density at radius 3 is 2.52 bits per heavy atom. The van der Waals surface area contributed by atoms with E-state index in [2.05, 4.69) is 34.5 Å². The number of aryl methyl sites for hydroxylation is 1. The average molecular weight is 445 g/mol. The molecule has 1 atom stereocenters. The zero-order valence-corrected chi connectivity index (χ0v) is 19.1. The Bertz CT molecular complexity index is 1180. The number of nitrogens with zero attached hydrogens (tertiary/aromatic N) is 3. The molecule has 1 unspecified atom stereocenters. The van der Waals surface area contributed by atoms with Crippen LogP contribution in [0.1, 0.15) is 66.3 Å². The van der Waals surface area contributed by atoms with Gasteiger partial charge in [-0.25, -0.2) is 4.98 Å². The number of carbonyl (C=O) groups is 1. The van der Waals surface area contributed by atoms with E-state index in [1.165, 1.54) is 24.8 Å². The van der Waals surface area contributed by atoms with Gasteiger partial charge in [0.2, 0.25) is 0 Å². The van der Waals surface area contributed by atoms with Crippen LogP contribution in [0.2, 0.25) is 0 Å². The molecule has 2 aliphatic rings. The standard InChI is InChI=1S/C27H32N4O2/c32-26(28-19-24(30-15-8-9-16-30)20-10-4-3-5-11-20)21-13-14-22-23(18-21)29-25-12-6-1-2-7-17-31(25)27(22)33/h3-5,10-11,13-14,18,24H,1-2,6-9,12,15-17,19H2,(H,28,32). The molecule has 6 heteroatoms. The fourth-order valence-corrected chi connectivity index (χ4v) is 5.21. The molecule has 6 nitrogen and oxygen atoms in total. The molecule has 1 amide bonds. The molecule has 3 heterocycles. The van der Waals surface area contributed by atoms with Crippen LogP contribution in [0.25, 0.3) is 10.9 Å². The zero-order valence-electron chi connectivity index (χ0n) is 19.1. The number of likely N-dealkylation sites (tertiary alicyclic amines) is 1. The van der Waals surface area contributed by atoms with Crippen molar-refractivity contribution >= 4 is 16.8 Å². The monoisotopic (exact) mass is 444 g/mol. The van der Waals surface area contributed by atoms with Crippen LogP contribution < -0.4 is 10.9 Å². The molecule has 0 spiro atoms. The van der Waals surface area contributed by atoms with Gasteiger partial charge in [-0.1, -0.05) is 43.2 Å². The van der Waals surface area contributed by atoms with Gasteiger partial charge in [-0.2, -0.15) is 0 Å². The normalized spacial score (nSPS) is 17.8. The van der Waals surface area contributed by atoms with E-state index >= 15 is 0 Å². The molecule has 3 aromatic rings. The Balaban J connectivity index is 1.37. The smallest absolute Gasteiger partial charge is 0.261 e. The van der Waals surface area contributed by atoms with Gasteiger partial charge in [0, 0.05) is 25.1 Å². The summed E-state index contributed by atoms with van der Waals surface area (Å²) < 4.78 is 1.84. The van der Waals surface area contributed by atoms with E-state index in [1.54, 1.807) is 18.2 Å². The van der Waals surface area contributed by atoms with Crippen LogP contribution in [-0.4, -0.2) is 40.0 Å². The lowest BCUT2D eigenvalue weighted by Crippen LogP contribution is -2.36. The summed E-state index contributed by atoms with van der Waals surface area (Å²) >= 11 is 0. The highest BCUT2D eigenvalue weighted by Gasteiger charge is 2.24. The van der Waals surface area contributed by atoms with Crippen LogP contribution in [0.4, 0.5) is 0 Å². The van der Waals surface area contributed by atoms with Gasteiger partial charge in [0.05, 0.1) is 16.9 Å². The first-order valence-electron chi connectivity index (χ1n) is 12.3. The lowest BCUT2D eigenvalue weighted by molar-refractivity contribution is 0.0938. The van der Waals surface area contributed by atoms with E-state index in [4.69, 9.17) is 4.98 Å².